The average molecular weight is 565 g/mol. The summed E-state index contributed by atoms with van der Waals surface area (Å²) in [5.74, 6) is 1.45. The van der Waals surface area contributed by atoms with Crippen molar-refractivity contribution in [2.45, 2.75) is 59.1 Å². The van der Waals surface area contributed by atoms with Crippen LogP contribution in [0, 0.1) is 0 Å². The molecule has 1 aromatic heterocycles. The number of nitrogens with zero attached hydrogens (tertiary/aromatic N) is 2. The SMILES string of the molecule is CCCCCOc1ccc(/C=c2\sc3n(c2=O)[C@@H](c2ccc(OC)cc2)C(C(=O)OC(C)C)=C(C)N=3)cc1OC. The Bertz CT molecular complexity index is 1570. The number of benzene rings is 2. The largest absolute Gasteiger partial charge is 0.497 e. The topological polar surface area (TPSA) is 88.4 Å². The Kier molecular flexibility index (Phi) is 9.47. The maximum atomic E-state index is 13.9. The number of ether oxygens (including phenoxy) is 4. The molecule has 0 N–H and O–H groups in total. The first-order valence-corrected chi connectivity index (χ1v) is 14.3. The number of thiazole rings is 1. The highest BCUT2D eigenvalue weighted by atomic mass is 32.1. The van der Waals surface area contributed by atoms with E-state index in [0.717, 1.165) is 30.4 Å². The van der Waals surface area contributed by atoms with Gasteiger partial charge in [0.15, 0.2) is 16.3 Å². The molecule has 0 saturated heterocycles. The lowest BCUT2D eigenvalue weighted by Crippen LogP contribution is -2.40. The van der Waals surface area contributed by atoms with Gasteiger partial charge in [-0.2, -0.15) is 0 Å². The van der Waals surface area contributed by atoms with E-state index in [1.165, 1.54) is 11.3 Å². The zero-order valence-corrected chi connectivity index (χ0v) is 24.7. The molecule has 1 aliphatic rings. The van der Waals surface area contributed by atoms with E-state index < -0.39 is 12.0 Å². The van der Waals surface area contributed by atoms with Crippen molar-refractivity contribution >= 4 is 23.4 Å². The highest BCUT2D eigenvalue weighted by Gasteiger charge is 2.33. The molecule has 2 aromatic carbocycles. The van der Waals surface area contributed by atoms with Gasteiger partial charge < -0.3 is 18.9 Å². The van der Waals surface area contributed by atoms with E-state index in [2.05, 4.69) is 11.9 Å². The third-order valence-electron chi connectivity index (χ3n) is 6.51. The van der Waals surface area contributed by atoms with Gasteiger partial charge in [-0.15, -0.1) is 0 Å². The van der Waals surface area contributed by atoms with E-state index in [-0.39, 0.29) is 11.7 Å². The smallest absolute Gasteiger partial charge is 0.338 e. The predicted molar refractivity (Wildman–Crippen MR) is 156 cm³/mol. The molecule has 4 rings (SSSR count). The number of allylic oxidation sites excluding steroid dienone is 1. The first-order valence-electron chi connectivity index (χ1n) is 13.5. The molecule has 2 heterocycles. The van der Waals surface area contributed by atoms with Gasteiger partial charge in [0.1, 0.15) is 5.75 Å². The molecule has 0 aliphatic carbocycles. The lowest BCUT2D eigenvalue weighted by atomic mass is 9.96. The summed E-state index contributed by atoms with van der Waals surface area (Å²) in [5.41, 5.74) is 2.16. The molecule has 0 bridgehead atoms. The monoisotopic (exact) mass is 564 g/mol. The van der Waals surface area contributed by atoms with E-state index in [1.54, 1.807) is 39.6 Å². The highest BCUT2D eigenvalue weighted by Crippen LogP contribution is 2.32. The van der Waals surface area contributed by atoms with Crippen LogP contribution < -0.4 is 29.1 Å². The molecule has 0 unspecified atom stereocenters. The molecule has 8 nitrogen and oxygen atoms in total. The fourth-order valence-electron chi connectivity index (χ4n) is 4.54. The van der Waals surface area contributed by atoms with E-state index >= 15 is 0 Å². The van der Waals surface area contributed by atoms with Crippen LogP contribution in [-0.2, 0) is 9.53 Å². The maximum absolute atomic E-state index is 13.9. The molecule has 40 heavy (non-hydrogen) atoms. The fourth-order valence-corrected chi connectivity index (χ4v) is 5.59. The van der Waals surface area contributed by atoms with E-state index in [0.29, 0.717) is 44.5 Å². The van der Waals surface area contributed by atoms with Crippen LogP contribution in [0.15, 0.2) is 63.5 Å². The molecule has 0 fully saturated rings. The summed E-state index contributed by atoms with van der Waals surface area (Å²) in [6.45, 7) is 8.13. The minimum Gasteiger partial charge on any atom is -0.497 e. The Balaban J connectivity index is 1.79. The van der Waals surface area contributed by atoms with Gasteiger partial charge in [0.25, 0.3) is 5.56 Å². The molecule has 0 radical (unpaired) electrons. The molecule has 0 spiro atoms. The van der Waals surface area contributed by atoms with Crippen molar-refractivity contribution in [2.24, 2.45) is 4.99 Å². The zero-order chi connectivity index (χ0) is 28.8. The molecule has 1 aliphatic heterocycles. The number of hydrogen-bond acceptors (Lipinski definition) is 8. The Morgan fingerprint density at radius 2 is 1.82 bits per heavy atom. The summed E-state index contributed by atoms with van der Waals surface area (Å²) in [6.07, 6.45) is 4.70. The van der Waals surface area contributed by atoms with Crippen molar-refractivity contribution in [2.75, 3.05) is 20.8 Å². The Morgan fingerprint density at radius 1 is 1.07 bits per heavy atom. The van der Waals surface area contributed by atoms with Crippen LogP contribution in [0.3, 0.4) is 0 Å². The van der Waals surface area contributed by atoms with Crippen LogP contribution in [0.2, 0.25) is 0 Å². The van der Waals surface area contributed by atoms with E-state index in [1.807, 2.05) is 48.5 Å². The van der Waals surface area contributed by atoms with Gasteiger partial charge in [-0.3, -0.25) is 9.36 Å². The van der Waals surface area contributed by atoms with Crippen LogP contribution in [0.1, 0.15) is 64.1 Å². The standard InChI is InChI=1S/C31H36N2O6S/c1-7-8-9-16-38-24-15-10-21(17-25(24)37-6)18-26-29(34)33-28(22-11-13-23(36-5)14-12-22)27(30(35)39-19(2)3)20(4)32-31(33)40-26/h10-15,17-19,28H,7-9,16H2,1-6H3/b26-18-/t28-/m0/s1. The number of esters is 1. The van der Waals surface area contributed by atoms with Gasteiger partial charge in [0.2, 0.25) is 0 Å². The van der Waals surface area contributed by atoms with Gasteiger partial charge >= 0.3 is 5.97 Å². The zero-order valence-electron chi connectivity index (χ0n) is 23.9. The number of aromatic nitrogens is 1. The summed E-state index contributed by atoms with van der Waals surface area (Å²) in [7, 11) is 3.19. The molecule has 212 valence electrons. The lowest BCUT2D eigenvalue weighted by Gasteiger charge is -2.25. The number of unbranched alkanes of at least 4 members (excludes halogenated alkanes) is 2. The summed E-state index contributed by atoms with van der Waals surface area (Å²) >= 11 is 1.28. The Morgan fingerprint density at radius 3 is 2.48 bits per heavy atom. The molecule has 1 atom stereocenters. The molecular weight excluding hydrogens is 528 g/mol. The molecule has 0 amide bonds. The van der Waals surface area contributed by atoms with Crippen molar-refractivity contribution in [1.82, 2.24) is 4.57 Å². The lowest BCUT2D eigenvalue weighted by molar-refractivity contribution is -0.143. The normalized spacial score (nSPS) is 15.1. The van der Waals surface area contributed by atoms with Crippen molar-refractivity contribution in [3.05, 3.63) is 84.5 Å². The Labute approximate surface area is 238 Å². The minimum atomic E-state index is -0.691. The second-order valence-electron chi connectivity index (χ2n) is 9.77. The predicted octanol–water partition coefficient (Wildman–Crippen LogP) is 4.77. The summed E-state index contributed by atoms with van der Waals surface area (Å²) < 4.78 is 24.4. The highest BCUT2D eigenvalue weighted by molar-refractivity contribution is 7.07. The average Bonchev–Trinajstić information content (AvgIpc) is 3.24. The first kappa shape index (κ1) is 29.1. The number of methoxy groups -OCH3 is 2. The Hall–Kier alpha value is -3.85. The van der Waals surface area contributed by atoms with Crippen LogP contribution in [0.4, 0.5) is 0 Å². The fraction of sp³-hybridized carbons (Fsp3) is 0.387. The number of rotatable bonds is 11. The van der Waals surface area contributed by atoms with Gasteiger partial charge in [0.05, 0.1) is 48.8 Å². The third-order valence-corrected chi connectivity index (χ3v) is 7.49. The summed E-state index contributed by atoms with van der Waals surface area (Å²) in [5, 5.41) is 0. The van der Waals surface area contributed by atoms with Crippen LogP contribution >= 0.6 is 11.3 Å². The van der Waals surface area contributed by atoms with Gasteiger partial charge in [-0.1, -0.05) is 49.3 Å². The maximum Gasteiger partial charge on any atom is 0.338 e. The quantitative estimate of drug-likeness (QED) is 0.246. The van der Waals surface area contributed by atoms with Crippen molar-refractivity contribution < 1.29 is 23.7 Å². The second kappa shape index (κ2) is 13.0. The van der Waals surface area contributed by atoms with Crippen molar-refractivity contribution in [3.8, 4) is 17.2 Å². The van der Waals surface area contributed by atoms with E-state index in [4.69, 9.17) is 18.9 Å². The van der Waals surface area contributed by atoms with Gasteiger partial charge in [-0.05, 0) is 68.7 Å². The van der Waals surface area contributed by atoms with Crippen LogP contribution in [-0.4, -0.2) is 37.5 Å². The third kappa shape index (κ3) is 6.31. The molecule has 0 saturated carbocycles. The van der Waals surface area contributed by atoms with E-state index in [9.17, 15) is 9.59 Å². The molecular formula is C31H36N2O6S. The van der Waals surface area contributed by atoms with Crippen molar-refractivity contribution in [3.63, 3.8) is 0 Å². The molecule has 3 aromatic rings. The second-order valence-corrected chi connectivity index (χ2v) is 10.8. The van der Waals surface area contributed by atoms with Gasteiger partial charge in [0, 0.05) is 0 Å². The number of hydrogen-bond donors (Lipinski definition) is 0. The number of fused-ring (bicyclic) bond motifs is 1. The number of carbonyl (C=O) groups excluding carboxylic acids is 1. The minimum absolute atomic E-state index is 0.245. The summed E-state index contributed by atoms with van der Waals surface area (Å²) in [4.78, 5) is 32.3. The van der Waals surface area contributed by atoms with Crippen molar-refractivity contribution in [1.29, 1.82) is 0 Å². The van der Waals surface area contributed by atoms with Crippen LogP contribution in [0.5, 0.6) is 17.2 Å². The first-order chi connectivity index (χ1) is 19.3. The molecule has 9 heteroatoms. The van der Waals surface area contributed by atoms with Gasteiger partial charge in [-0.25, -0.2) is 9.79 Å². The summed E-state index contributed by atoms with van der Waals surface area (Å²) in [6, 6.07) is 12.2. The van der Waals surface area contributed by atoms with Crippen LogP contribution in [0.25, 0.3) is 6.08 Å². The number of carbonyl (C=O) groups is 1.